The van der Waals surface area contributed by atoms with Crippen molar-refractivity contribution in [2.24, 2.45) is 5.92 Å². The maximum atomic E-state index is 13.8. The number of carbonyl (C=O) groups is 1. The smallest absolute Gasteiger partial charge is 0.422 e. The van der Waals surface area contributed by atoms with Gasteiger partial charge in [0.25, 0.3) is 0 Å². The second-order valence-corrected chi connectivity index (χ2v) is 9.70. The molecule has 2 aromatic rings. The van der Waals surface area contributed by atoms with Crippen LogP contribution < -0.4 is 15.0 Å². The average molecular weight is 504 g/mol. The molecule has 0 aromatic heterocycles. The number of Topliss-reactive ketones (excluding diaryl/α,β-unsaturated/α-hetero) is 1. The first-order chi connectivity index (χ1) is 17.3. The van der Waals surface area contributed by atoms with E-state index in [2.05, 4.69) is 41.1 Å². The SMILES string of the molecule is CCC(CC)C(=O)C(C1CCc2ccccc2N1)N1CCN(c2ccccc2OCC(F)(F)F)CC1. The van der Waals surface area contributed by atoms with Crippen molar-refractivity contribution >= 4 is 17.2 Å². The van der Waals surface area contributed by atoms with E-state index in [1.54, 1.807) is 18.2 Å². The molecule has 2 aliphatic rings. The third-order valence-electron chi connectivity index (χ3n) is 7.45. The van der Waals surface area contributed by atoms with E-state index in [-0.39, 0.29) is 23.8 Å². The number of nitrogens with zero attached hydrogens (tertiary/aromatic N) is 2. The van der Waals surface area contributed by atoms with Crippen LogP contribution in [0.1, 0.15) is 38.7 Å². The number of aryl methyl sites for hydroxylation is 1. The Bertz CT molecular complexity index is 1020. The van der Waals surface area contributed by atoms with Gasteiger partial charge in [0, 0.05) is 43.8 Å². The van der Waals surface area contributed by atoms with Gasteiger partial charge >= 0.3 is 6.18 Å². The zero-order chi connectivity index (χ0) is 25.7. The topological polar surface area (TPSA) is 44.8 Å². The van der Waals surface area contributed by atoms with Crippen LogP contribution in [0.15, 0.2) is 48.5 Å². The van der Waals surface area contributed by atoms with Crippen LogP contribution in [0.5, 0.6) is 5.75 Å². The van der Waals surface area contributed by atoms with Gasteiger partial charge in [0.2, 0.25) is 0 Å². The fourth-order valence-electron chi connectivity index (χ4n) is 5.51. The van der Waals surface area contributed by atoms with Crippen molar-refractivity contribution in [3.05, 3.63) is 54.1 Å². The van der Waals surface area contributed by atoms with Gasteiger partial charge in [-0.3, -0.25) is 9.69 Å². The number of ether oxygens (including phenoxy) is 1. The van der Waals surface area contributed by atoms with Crippen LogP contribution in [0.2, 0.25) is 0 Å². The minimum atomic E-state index is -4.39. The van der Waals surface area contributed by atoms with Gasteiger partial charge in [-0.05, 0) is 49.4 Å². The Morgan fingerprint density at radius 3 is 2.39 bits per heavy atom. The summed E-state index contributed by atoms with van der Waals surface area (Å²) in [7, 11) is 0. The number of halogens is 3. The second-order valence-electron chi connectivity index (χ2n) is 9.70. The molecule has 2 heterocycles. The summed E-state index contributed by atoms with van der Waals surface area (Å²) in [5, 5.41) is 3.66. The summed E-state index contributed by atoms with van der Waals surface area (Å²) in [5.74, 6) is 0.543. The molecule has 1 saturated heterocycles. The van der Waals surface area contributed by atoms with Gasteiger partial charge in [-0.1, -0.05) is 44.2 Å². The first-order valence-electron chi connectivity index (χ1n) is 13.0. The largest absolute Gasteiger partial charge is 0.482 e. The average Bonchev–Trinajstić information content (AvgIpc) is 2.88. The lowest BCUT2D eigenvalue weighted by molar-refractivity contribution is -0.153. The number of para-hydroxylation sites is 3. The van der Waals surface area contributed by atoms with Gasteiger partial charge in [0.05, 0.1) is 11.7 Å². The van der Waals surface area contributed by atoms with E-state index in [0.29, 0.717) is 37.6 Å². The van der Waals surface area contributed by atoms with Crippen molar-refractivity contribution in [2.75, 3.05) is 43.0 Å². The number of hydrogen-bond acceptors (Lipinski definition) is 5. The Morgan fingerprint density at radius 1 is 1.03 bits per heavy atom. The Morgan fingerprint density at radius 2 is 1.69 bits per heavy atom. The van der Waals surface area contributed by atoms with Gasteiger partial charge in [-0.25, -0.2) is 0 Å². The van der Waals surface area contributed by atoms with E-state index < -0.39 is 12.8 Å². The highest BCUT2D eigenvalue weighted by atomic mass is 19.4. The maximum Gasteiger partial charge on any atom is 0.422 e. The van der Waals surface area contributed by atoms with Crippen LogP contribution in [0.3, 0.4) is 0 Å². The zero-order valence-electron chi connectivity index (χ0n) is 21.1. The summed E-state index contributed by atoms with van der Waals surface area (Å²) in [6.07, 6.45) is -0.926. The molecule has 0 radical (unpaired) electrons. The molecular formula is C28H36F3N3O2. The molecular weight excluding hydrogens is 467 g/mol. The van der Waals surface area contributed by atoms with Crippen LogP contribution in [-0.2, 0) is 11.2 Å². The second kappa shape index (κ2) is 11.5. The van der Waals surface area contributed by atoms with Gasteiger partial charge in [0.1, 0.15) is 5.75 Å². The zero-order valence-corrected chi connectivity index (χ0v) is 21.1. The summed E-state index contributed by atoms with van der Waals surface area (Å²) in [6, 6.07) is 14.9. The number of carbonyl (C=O) groups excluding carboxylic acids is 1. The molecule has 0 saturated carbocycles. The first-order valence-corrected chi connectivity index (χ1v) is 13.0. The Labute approximate surface area is 211 Å². The van der Waals surface area contributed by atoms with Crippen LogP contribution in [0, 0.1) is 5.92 Å². The van der Waals surface area contributed by atoms with E-state index in [9.17, 15) is 18.0 Å². The molecule has 8 heteroatoms. The molecule has 2 aromatic carbocycles. The lowest BCUT2D eigenvalue weighted by atomic mass is 9.84. The van der Waals surface area contributed by atoms with E-state index >= 15 is 0 Å². The summed E-state index contributed by atoms with van der Waals surface area (Å²) in [4.78, 5) is 18.1. The minimum Gasteiger partial charge on any atom is -0.482 e. The minimum absolute atomic E-state index is 0.0171. The molecule has 2 atom stereocenters. The number of nitrogens with one attached hydrogen (secondary N) is 1. The molecule has 0 bridgehead atoms. The highest BCUT2D eigenvalue weighted by Gasteiger charge is 2.39. The van der Waals surface area contributed by atoms with E-state index in [0.717, 1.165) is 31.4 Å². The van der Waals surface area contributed by atoms with Gasteiger partial charge in [-0.15, -0.1) is 0 Å². The maximum absolute atomic E-state index is 13.8. The standard InChI is InChI=1S/C28H36F3N3O2/c1-3-20(4-2)27(35)26(23-14-13-21-9-5-6-10-22(21)32-23)34-17-15-33(16-18-34)24-11-7-8-12-25(24)36-19-28(29,30)31/h5-12,20,23,26,32H,3-4,13-19H2,1-2H3. The number of anilines is 2. The number of alkyl halides is 3. The number of benzene rings is 2. The molecule has 4 rings (SSSR count). The number of ketones is 1. The molecule has 196 valence electrons. The van der Waals surface area contributed by atoms with Crippen molar-refractivity contribution in [2.45, 2.75) is 57.8 Å². The summed E-state index contributed by atoms with van der Waals surface area (Å²) >= 11 is 0. The third kappa shape index (κ3) is 6.14. The normalized spacial score (nSPS) is 19.5. The molecule has 0 spiro atoms. The summed E-state index contributed by atoms with van der Waals surface area (Å²) < 4.78 is 43.3. The third-order valence-corrected chi connectivity index (χ3v) is 7.45. The highest BCUT2D eigenvalue weighted by molar-refractivity contribution is 5.87. The van der Waals surface area contributed by atoms with Gasteiger partial charge in [-0.2, -0.15) is 13.2 Å². The Hall–Kier alpha value is -2.74. The highest BCUT2D eigenvalue weighted by Crippen LogP contribution is 2.33. The molecule has 0 aliphatic carbocycles. The van der Waals surface area contributed by atoms with Gasteiger partial charge in [0.15, 0.2) is 12.4 Å². The van der Waals surface area contributed by atoms with Crippen LogP contribution in [0.25, 0.3) is 0 Å². The first kappa shape index (κ1) is 26.3. The lowest BCUT2D eigenvalue weighted by Gasteiger charge is -2.44. The molecule has 36 heavy (non-hydrogen) atoms. The lowest BCUT2D eigenvalue weighted by Crippen LogP contribution is -2.59. The predicted octanol–water partition coefficient (Wildman–Crippen LogP) is 5.55. The number of fused-ring (bicyclic) bond motifs is 1. The van der Waals surface area contributed by atoms with E-state index in [1.807, 2.05) is 18.2 Å². The van der Waals surface area contributed by atoms with Crippen molar-refractivity contribution in [3.63, 3.8) is 0 Å². The molecule has 2 unspecified atom stereocenters. The summed E-state index contributed by atoms with van der Waals surface area (Å²) in [5.41, 5.74) is 3.04. The van der Waals surface area contributed by atoms with Crippen molar-refractivity contribution < 1.29 is 22.7 Å². The van der Waals surface area contributed by atoms with Crippen molar-refractivity contribution in [3.8, 4) is 5.75 Å². The van der Waals surface area contributed by atoms with Crippen molar-refractivity contribution in [1.82, 2.24) is 4.90 Å². The molecule has 0 amide bonds. The Balaban J connectivity index is 1.50. The monoisotopic (exact) mass is 503 g/mol. The van der Waals surface area contributed by atoms with Crippen LogP contribution >= 0.6 is 0 Å². The molecule has 1 N–H and O–H groups in total. The van der Waals surface area contributed by atoms with E-state index in [4.69, 9.17) is 4.74 Å². The fourth-order valence-corrected chi connectivity index (χ4v) is 5.51. The number of rotatable bonds is 9. The van der Waals surface area contributed by atoms with Crippen molar-refractivity contribution in [1.29, 1.82) is 0 Å². The molecule has 2 aliphatic heterocycles. The number of piperazine rings is 1. The fraction of sp³-hybridized carbons (Fsp3) is 0.536. The van der Waals surface area contributed by atoms with Crippen LogP contribution in [-0.4, -0.2) is 61.7 Å². The van der Waals surface area contributed by atoms with E-state index in [1.165, 1.54) is 5.56 Å². The quantitative estimate of drug-likeness (QED) is 0.486. The number of hydrogen-bond donors (Lipinski definition) is 1. The van der Waals surface area contributed by atoms with Gasteiger partial charge < -0.3 is 15.0 Å². The summed E-state index contributed by atoms with van der Waals surface area (Å²) in [6.45, 7) is 5.37. The molecule has 1 fully saturated rings. The van der Waals surface area contributed by atoms with Crippen LogP contribution in [0.4, 0.5) is 24.5 Å². The predicted molar refractivity (Wildman–Crippen MR) is 137 cm³/mol. The Kier molecular flexibility index (Phi) is 8.44. The molecule has 5 nitrogen and oxygen atoms in total.